The zero-order chi connectivity index (χ0) is 15.3. The van der Waals surface area contributed by atoms with E-state index in [4.69, 9.17) is 14.7 Å². The van der Waals surface area contributed by atoms with E-state index in [2.05, 4.69) is 10.8 Å². The molecule has 0 amide bonds. The van der Waals surface area contributed by atoms with Gasteiger partial charge in [0.15, 0.2) is 0 Å². The van der Waals surface area contributed by atoms with E-state index in [0.29, 0.717) is 32.1 Å². The largest absolute Gasteiger partial charge is 0.469 e. The topological polar surface area (TPSA) is 88.8 Å². The molecule has 0 aromatic carbocycles. The first kappa shape index (κ1) is 16.2. The average molecular weight is 297 g/mol. The van der Waals surface area contributed by atoms with Crippen LogP contribution in [0, 0.1) is 11.3 Å². The number of hydrogen-bond acceptors (Lipinski definition) is 6. The minimum atomic E-state index is -0.668. The first-order chi connectivity index (χ1) is 10.1. The molecule has 6 heteroatoms. The molecule has 6 nitrogen and oxygen atoms in total. The molecule has 2 heterocycles. The van der Waals surface area contributed by atoms with Crippen molar-refractivity contribution in [3.63, 3.8) is 0 Å². The summed E-state index contributed by atoms with van der Waals surface area (Å²) in [6.45, 7) is -0.0879. The lowest BCUT2D eigenvalue weighted by Gasteiger charge is -2.40. The van der Waals surface area contributed by atoms with Crippen LogP contribution in [0.5, 0.6) is 0 Å². The fourth-order valence-corrected chi connectivity index (χ4v) is 3.29. The minimum absolute atomic E-state index is 0.0102. The van der Waals surface area contributed by atoms with Gasteiger partial charge in [-0.05, 0) is 25.7 Å². The number of carbonyl (C=O) groups is 1. The normalized spacial score (nSPS) is 35.0. The number of aliphatic hydroxyl groups excluding tert-OH is 1. The number of aliphatic hydroxyl groups is 1. The van der Waals surface area contributed by atoms with Gasteiger partial charge in [0.1, 0.15) is 5.60 Å². The number of fused-ring (bicyclic) bond motifs is 1. The number of methoxy groups -OCH3 is 1. The van der Waals surface area contributed by atoms with Gasteiger partial charge in [0, 0.05) is 19.3 Å². The number of esters is 1. The van der Waals surface area contributed by atoms with E-state index in [0.717, 1.165) is 12.8 Å². The third-order valence-corrected chi connectivity index (χ3v) is 4.41. The van der Waals surface area contributed by atoms with Crippen LogP contribution in [0.15, 0.2) is 0 Å². The van der Waals surface area contributed by atoms with E-state index in [9.17, 15) is 9.90 Å². The summed E-state index contributed by atoms with van der Waals surface area (Å²) in [6, 6.07) is 2.13. The Balaban J connectivity index is 1.92. The van der Waals surface area contributed by atoms with Crippen LogP contribution in [0.3, 0.4) is 0 Å². The van der Waals surface area contributed by atoms with E-state index in [1.807, 2.05) is 0 Å². The maximum Gasteiger partial charge on any atom is 0.305 e. The van der Waals surface area contributed by atoms with Crippen molar-refractivity contribution in [3.8, 4) is 6.07 Å². The SMILES string of the molecule is COC(=O)CCC1CC2(CO)OC(CCC#N)CC[C@@H]2O1. The summed E-state index contributed by atoms with van der Waals surface area (Å²) in [6.07, 6.45) is 4.11. The Morgan fingerprint density at radius 3 is 2.90 bits per heavy atom. The van der Waals surface area contributed by atoms with Gasteiger partial charge in [-0.3, -0.25) is 4.79 Å². The van der Waals surface area contributed by atoms with Gasteiger partial charge in [-0.1, -0.05) is 0 Å². The third kappa shape index (κ3) is 3.73. The Hall–Kier alpha value is -1.16. The molecule has 0 aliphatic carbocycles. The number of rotatable bonds is 6. The summed E-state index contributed by atoms with van der Waals surface area (Å²) in [4.78, 5) is 11.2. The quantitative estimate of drug-likeness (QED) is 0.744. The molecule has 2 rings (SSSR count). The molecule has 2 saturated heterocycles. The number of nitrogens with zero attached hydrogens (tertiary/aromatic N) is 1. The van der Waals surface area contributed by atoms with E-state index in [-0.39, 0.29) is 30.9 Å². The van der Waals surface area contributed by atoms with E-state index < -0.39 is 5.60 Å². The van der Waals surface area contributed by atoms with Gasteiger partial charge in [0.05, 0.1) is 38.1 Å². The second-order valence-electron chi connectivity index (χ2n) is 5.80. The van der Waals surface area contributed by atoms with E-state index in [1.165, 1.54) is 7.11 Å². The predicted molar refractivity (Wildman–Crippen MR) is 73.3 cm³/mol. The molecule has 1 N–H and O–H groups in total. The fourth-order valence-electron chi connectivity index (χ4n) is 3.29. The number of ether oxygens (including phenoxy) is 3. The predicted octanol–water partition coefficient (Wildman–Crippen LogP) is 1.31. The molecule has 0 aromatic rings. The van der Waals surface area contributed by atoms with Gasteiger partial charge in [0.25, 0.3) is 0 Å². The third-order valence-electron chi connectivity index (χ3n) is 4.41. The van der Waals surface area contributed by atoms with Crippen LogP contribution >= 0.6 is 0 Å². The van der Waals surface area contributed by atoms with Crippen molar-refractivity contribution in [2.75, 3.05) is 13.7 Å². The monoisotopic (exact) mass is 297 g/mol. The number of nitriles is 1. The number of hydrogen-bond donors (Lipinski definition) is 1. The molecule has 0 bridgehead atoms. The molecule has 2 fully saturated rings. The van der Waals surface area contributed by atoms with Crippen molar-refractivity contribution in [1.82, 2.24) is 0 Å². The fraction of sp³-hybridized carbons (Fsp3) is 0.867. The van der Waals surface area contributed by atoms with Gasteiger partial charge in [-0.25, -0.2) is 0 Å². The highest BCUT2D eigenvalue weighted by atomic mass is 16.6. The molecule has 0 spiro atoms. The molecule has 118 valence electrons. The van der Waals surface area contributed by atoms with Gasteiger partial charge in [0.2, 0.25) is 0 Å². The summed E-state index contributed by atoms with van der Waals surface area (Å²) in [5.74, 6) is -0.251. The zero-order valence-corrected chi connectivity index (χ0v) is 12.4. The Bertz CT molecular complexity index is 407. The van der Waals surface area contributed by atoms with Crippen molar-refractivity contribution < 1.29 is 24.1 Å². The molecule has 0 saturated carbocycles. The van der Waals surface area contributed by atoms with Gasteiger partial charge < -0.3 is 19.3 Å². The highest BCUT2D eigenvalue weighted by molar-refractivity contribution is 5.69. The molecule has 21 heavy (non-hydrogen) atoms. The maximum absolute atomic E-state index is 11.2. The second-order valence-corrected chi connectivity index (χ2v) is 5.80. The van der Waals surface area contributed by atoms with Gasteiger partial charge in [-0.15, -0.1) is 0 Å². The van der Waals surface area contributed by atoms with Crippen LogP contribution in [0.2, 0.25) is 0 Å². The Morgan fingerprint density at radius 2 is 2.24 bits per heavy atom. The van der Waals surface area contributed by atoms with Crippen LogP contribution in [-0.2, 0) is 19.0 Å². The minimum Gasteiger partial charge on any atom is -0.469 e. The van der Waals surface area contributed by atoms with Crippen molar-refractivity contribution in [2.24, 2.45) is 0 Å². The molecule has 0 aromatic heterocycles. The highest BCUT2D eigenvalue weighted by Crippen LogP contribution is 2.43. The summed E-state index contributed by atoms with van der Waals surface area (Å²) in [7, 11) is 1.37. The smallest absolute Gasteiger partial charge is 0.305 e. The lowest BCUT2D eigenvalue weighted by atomic mass is 9.86. The molecule has 3 unspecified atom stereocenters. The molecule has 4 atom stereocenters. The summed E-state index contributed by atoms with van der Waals surface area (Å²) >= 11 is 0. The van der Waals surface area contributed by atoms with Gasteiger partial charge in [-0.2, -0.15) is 5.26 Å². The Kier molecular flexibility index (Phi) is 5.57. The van der Waals surface area contributed by atoms with Crippen molar-refractivity contribution in [2.45, 2.75) is 68.9 Å². The summed E-state index contributed by atoms with van der Waals surface area (Å²) in [5.41, 5.74) is -0.668. The van der Waals surface area contributed by atoms with Crippen LogP contribution < -0.4 is 0 Å². The molecule has 0 radical (unpaired) electrons. The van der Waals surface area contributed by atoms with Gasteiger partial charge >= 0.3 is 5.97 Å². The number of carbonyl (C=O) groups excluding carboxylic acids is 1. The van der Waals surface area contributed by atoms with Crippen LogP contribution in [0.1, 0.15) is 44.9 Å². The van der Waals surface area contributed by atoms with Crippen LogP contribution in [0.4, 0.5) is 0 Å². The molecule has 2 aliphatic heterocycles. The zero-order valence-electron chi connectivity index (χ0n) is 12.4. The van der Waals surface area contributed by atoms with E-state index >= 15 is 0 Å². The van der Waals surface area contributed by atoms with Crippen molar-refractivity contribution in [3.05, 3.63) is 0 Å². The lowest BCUT2D eigenvalue weighted by molar-refractivity contribution is -0.183. The van der Waals surface area contributed by atoms with Crippen molar-refractivity contribution in [1.29, 1.82) is 5.26 Å². The molecular formula is C15H23NO5. The average Bonchev–Trinajstić information content (AvgIpc) is 2.88. The van der Waals surface area contributed by atoms with Crippen molar-refractivity contribution >= 4 is 5.97 Å². The molecular weight excluding hydrogens is 274 g/mol. The first-order valence-electron chi connectivity index (χ1n) is 7.51. The molecule has 2 aliphatic rings. The highest BCUT2D eigenvalue weighted by Gasteiger charge is 2.52. The van der Waals surface area contributed by atoms with Crippen LogP contribution in [0.25, 0.3) is 0 Å². The second kappa shape index (κ2) is 7.21. The summed E-state index contributed by atoms with van der Waals surface area (Å²) in [5, 5.41) is 18.4. The Morgan fingerprint density at radius 1 is 1.43 bits per heavy atom. The van der Waals surface area contributed by atoms with Crippen LogP contribution in [-0.4, -0.2) is 48.7 Å². The Labute approximate surface area is 125 Å². The lowest BCUT2D eigenvalue weighted by Crippen LogP contribution is -2.51. The first-order valence-corrected chi connectivity index (χ1v) is 7.51. The standard InChI is InChI=1S/C15H23NO5/c1-19-14(18)7-5-12-9-15(10-17)13(20-12)6-4-11(21-15)3-2-8-16/h11-13,17H,2-7,9-10H2,1H3/t11?,12?,13-,15?/m0/s1. The summed E-state index contributed by atoms with van der Waals surface area (Å²) < 4.78 is 16.7. The maximum atomic E-state index is 11.2. The van der Waals surface area contributed by atoms with E-state index in [1.54, 1.807) is 0 Å².